The molecule has 0 saturated carbocycles. The lowest BCUT2D eigenvalue weighted by Crippen LogP contribution is -2.37. The van der Waals surface area contributed by atoms with Gasteiger partial charge in [-0.15, -0.1) is 0 Å². The van der Waals surface area contributed by atoms with Crippen LogP contribution in [0.4, 0.5) is 11.4 Å². The summed E-state index contributed by atoms with van der Waals surface area (Å²) in [5, 5.41) is 3.34. The number of aromatic nitrogens is 1. The number of hydrogen-bond acceptors (Lipinski definition) is 5. The number of nitrogens with zero attached hydrogens (tertiary/aromatic N) is 2. The van der Waals surface area contributed by atoms with E-state index in [4.69, 9.17) is 0 Å². The Morgan fingerprint density at radius 1 is 1.26 bits per heavy atom. The molecule has 3 rings (SSSR count). The van der Waals surface area contributed by atoms with Gasteiger partial charge in [-0.2, -0.15) is 0 Å². The molecule has 0 bridgehead atoms. The number of amides is 1. The molecule has 1 N–H and O–H groups in total. The lowest BCUT2D eigenvalue weighted by molar-refractivity contribution is 0.0747. The van der Waals surface area contributed by atoms with Crippen LogP contribution < -0.4 is 5.32 Å². The van der Waals surface area contributed by atoms with E-state index in [1.807, 2.05) is 18.2 Å². The second kappa shape index (κ2) is 7.68. The Morgan fingerprint density at radius 2 is 2.00 bits per heavy atom. The maximum absolute atomic E-state index is 12.8. The third-order valence-electron chi connectivity index (χ3n) is 4.92. The van der Waals surface area contributed by atoms with E-state index in [-0.39, 0.29) is 23.5 Å². The topological polar surface area (TPSA) is 79.4 Å². The molecule has 1 amide bonds. The summed E-state index contributed by atoms with van der Waals surface area (Å²) in [7, 11) is -1.39. The summed E-state index contributed by atoms with van der Waals surface area (Å²) in [4.78, 5) is 18.5. The molecule has 7 heteroatoms. The molecule has 0 radical (unpaired) electrons. The molecular weight excluding hydrogens is 362 g/mol. The number of hydrogen-bond donors (Lipinski definition) is 1. The van der Waals surface area contributed by atoms with Crippen LogP contribution in [0, 0.1) is 0 Å². The van der Waals surface area contributed by atoms with E-state index >= 15 is 0 Å². The Bertz CT molecular complexity index is 941. The van der Waals surface area contributed by atoms with Gasteiger partial charge in [0.1, 0.15) is 0 Å². The lowest BCUT2D eigenvalue weighted by atomic mass is 10.0. The van der Waals surface area contributed by atoms with Crippen LogP contribution in [0.2, 0.25) is 0 Å². The molecular formula is C20H25N3O3S. The van der Waals surface area contributed by atoms with E-state index in [2.05, 4.69) is 30.2 Å². The lowest BCUT2D eigenvalue weighted by Gasteiger charge is -2.23. The van der Waals surface area contributed by atoms with E-state index in [1.54, 1.807) is 19.3 Å². The van der Waals surface area contributed by atoms with Crippen LogP contribution in [-0.2, 0) is 9.84 Å². The molecule has 1 fully saturated rings. The molecule has 1 atom stereocenters. The number of rotatable bonds is 5. The summed E-state index contributed by atoms with van der Waals surface area (Å²) in [6.07, 6.45) is 3.67. The Hall–Kier alpha value is -2.41. The first kappa shape index (κ1) is 19.4. The summed E-state index contributed by atoms with van der Waals surface area (Å²) in [6, 6.07) is 9.52. The number of carbonyl (C=O) groups excluding carboxylic acids is 1. The van der Waals surface area contributed by atoms with Crippen molar-refractivity contribution in [3.8, 4) is 0 Å². The van der Waals surface area contributed by atoms with Gasteiger partial charge in [-0.05, 0) is 30.0 Å². The molecule has 6 nitrogen and oxygen atoms in total. The van der Waals surface area contributed by atoms with Gasteiger partial charge in [0.2, 0.25) is 0 Å². The van der Waals surface area contributed by atoms with E-state index in [1.165, 1.54) is 16.7 Å². The molecule has 0 aliphatic carbocycles. The number of para-hydroxylation sites is 1. The Morgan fingerprint density at radius 3 is 2.67 bits per heavy atom. The first-order valence-electron chi connectivity index (χ1n) is 9.05. The van der Waals surface area contributed by atoms with Crippen molar-refractivity contribution in [2.24, 2.45) is 0 Å². The van der Waals surface area contributed by atoms with Gasteiger partial charge in [-0.25, -0.2) is 8.42 Å². The van der Waals surface area contributed by atoms with Crippen LogP contribution in [0.15, 0.2) is 42.7 Å². The normalized spacial score (nSPS) is 18.4. The smallest absolute Gasteiger partial charge is 0.255 e. The van der Waals surface area contributed by atoms with Crippen LogP contribution in [0.3, 0.4) is 0 Å². The van der Waals surface area contributed by atoms with Crippen molar-refractivity contribution < 1.29 is 13.2 Å². The highest BCUT2D eigenvalue weighted by Gasteiger charge is 2.33. The monoisotopic (exact) mass is 387 g/mol. The maximum Gasteiger partial charge on any atom is 0.255 e. The molecule has 1 aliphatic heterocycles. The predicted molar refractivity (Wildman–Crippen MR) is 107 cm³/mol. The zero-order valence-corrected chi connectivity index (χ0v) is 16.7. The Kier molecular flexibility index (Phi) is 5.51. The van der Waals surface area contributed by atoms with Crippen LogP contribution >= 0.6 is 0 Å². The third kappa shape index (κ3) is 4.47. The van der Waals surface area contributed by atoms with Crippen LogP contribution in [0.25, 0.3) is 0 Å². The minimum atomic E-state index is -3.04. The van der Waals surface area contributed by atoms with Crippen LogP contribution in [0.5, 0.6) is 0 Å². The van der Waals surface area contributed by atoms with E-state index in [9.17, 15) is 13.2 Å². The molecule has 1 saturated heterocycles. The van der Waals surface area contributed by atoms with Gasteiger partial charge < -0.3 is 10.2 Å². The molecule has 2 heterocycles. The van der Waals surface area contributed by atoms with E-state index in [0.29, 0.717) is 17.9 Å². The minimum absolute atomic E-state index is 0.0301. The minimum Gasteiger partial charge on any atom is -0.354 e. The molecule has 1 unspecified atom stereocenters. The van der Waals surface area contributed by atoms with Gasteiger partial charge in [-0.1, -0.05) is 32.0 Å². The van der Waals surface area contributed by atoms with Crippen LogP contribution in [0.1, 0.15) is 42.1 Å². The second-order valence-electron chi connectivity index (χ2n) is 7.30. The molecule has 144 valence electrons. The van der Waals surface area contributed by atoms with Crippen LogP contribution in [-0.4, -0.2) is 48.8 Å². The van der Waals surface area contributed by atoms with Gasteiger partial charge in [0.15, 0.2) is 9.84 Å². The number of benzene rings is 1. The molecule has 2 aromatic rings. The zero-order chi connectivity index (χ0) is 19.6. The average molecular weight is 388 g/mol. The Labute approximate surface area is 160 Å². The number of anilines is 2. The molecule has 0 spiro atoms. The van der Waals surface area contributed by atoms with Gasteiger partial charge in [-0.3, -0.25) is 9.78 Å². The summed E-state index contributed by atoms with van der Waals surface area (Å²) in [5.41, 5.74) is 3.33. The number of carbonyl (C=O) groups is 1. The summed E-state index contributed by atoms with van der Waals surface area (Å²) in [6.45, 7) is 4.26. The van der Waals surface area contributed by atoms with Crippen molar-refractivity contribution in [3.63, 3.8) is 0 Å². The molecule has 27 heavy (non-hydrogen) atoms. The number of pyridine rings is 1. The standard InChI is InChI=1S/C20H25N3O3S/c1-14(2)18-6-4-5-7-19(18)22-16-10-15(11-21-12-16)20(24)23(3)17-8-9-27(25,26)13-17/h4-7,10-12,14,17,22H,8-9,13H2,1-3H3. The highest BCUT2D eigenvalue weighted by atomic mass is 32.2. The van der Waals surface area contributed by atoms with Gasteiger partial charge in [0, 0.05) is 25.0 Å². The second-order valence-corrected chi connectivity index (χ2v) is 9.53. The quantitative estimate of drug-likeness (QED) is 0.852. The zero-order valence-electron chi connectivity index (χ0n) is 15.8. The highest BCUT2D eigenvalue weighted by molar-refractivity contribution is 7.91. The first-order chi connectivity index (χ1) is 12.8. The third-order valence-corrected chi connectivity index (χ3v) is 6.67. The maximum atomic E-state index is 12.8. The van der Waals surface area contributed by atoms with Crippen molar-refractivity contribution in [2.45, 2.75) is 32.2 Å². The average Bonchev–Trinajstić information content (AvgIpc) is 3.01. The van der Waals surface area contributed by atoms with Crippen molar-refractivity contribution in [3.05, 3.63) is 53.9 Å². The van der Waals surface area contributed by atoms with Crippen molar-refractivity contribution in [1.82, 2.24) is 9.88 Å². The highest BCUT2D eigenvalue weighted by Crippen LogP contribution is 2.27. The van der Waals surface area contributed by atoms with Gasteiger partial charge in [0.05, 0.1) is 29.0 Å². The van der Waals surface area contributed by atoms with Crippen molar-refractivity contribution in [2.75, 3.05) is 23.9 Å². The predicted octanol–water partition coefficient (Wildman–Crippen LogP) is 3.21. The van der Waals surface area contributed by atoms with E-state index in [0.717, 1.165) is 11.4 Å². The molecule has 1 aliphatic rings. The summed E-state index contributed by atoms with van der Waals surface area (Å²) < 4.78 is 23.4. The SMILES string of the molecule is CC(C)c1ccccc1Nc1cncc(C(=O)N(C)C2CCS(=O)(=O)C2)c1. The fourth-order valence-corrected chi connectivity index (χ4v) is 5.12. The number of sulfone groups is 1. The Balaban J connectivity index is 1.79. The van der Waals surface area contributed by atoms with Gasteiger partial charge in [0.25, 0.3) is 5.91 Å². The van der Waals surface area contributed by atoms with Crippen molar-refractivity contribution >= 4 is 27.1 Å². The molecule has 1 aromatic carbocycles. The van der Waals surface area contributed by atoms with Crippen molar-refractivity contribution in [1.29, 1.82) is 0 Å². The fourth-order valence-electron chi connectivity index (χ4n) is 3.35. The fraction of sp³-hybridized carbons (Fsp3) is 0.400. The van der Waals surface area contributed by atoms with E-state index < -0.39 is 9.84 Å². The largest absolute Gasteiger partial charge is 0.354 e. The number of nitrogens with one attached hydrogen (secondary N) is 1. The first-order valence-corrected chi connectivity index (χ1v) is 10.9. The van der Waals surface area contributed by atoms with Gasteiger partial charge >= 0.3 is 0 Å². The molecule has 1 aromatic heterocycles. The summed E-state index contributed by atoms with van der Waals surface area (Å²) >= 11 is 0. The summed E-state index contributed by atoms with van der Waals surface area (Å²) in [5.74, 6) is 0.316.